The Labute approximate surface area is 116 Å². The van der Waals surface area contributed by atoms with Crippen molar-refractivity contribution in [2.45, 2.75) is 19.8 Å². The van der Waals surface area contributed by atoms with E-state index >= 15 is 0 Å². The zero-order valence-electron chi connectivity index (χ0n) is 11.1. The highest BCUT2D eigenvalue weighted by molar-refractivity contribution is 6.10. The molecular formula is C15H15N3O2. The summed E-state index contributed by atoms with van der Waals surface area (Å²) in [5.41, 5.74) is 6.66. The second-order valence-electron chi connectivity index (χ2n) is 5.89. The molecule has 4 rings (SSSR count). The molecule has 1 saturated carbocycles. The minimum Gasteiger partial charge on any atom is -0.326 e. The molecule has 1 aromatic rings. The average Bonchev–Trinajstić information content (AvgIpc) is 3.21. The Bertz CT molecular complexity index is 665. The molecule has 5 heteroatoms. The van der Waals surface area contributed by atoms with Crippen molar-refractivity contribution in [1.29, 1.82) is 0 Å². The van der Waals surface area contributed by atoms with Crippen molar-refractivity contribution in [2.75, 3.05) is 5.32 Å². The molecule has 2 heterocycles. The standard InChI is InChI=1S/C15H15N3O2/c1-7-4-9-5-8(2-3-12(9)16-14(7)19)13-10-6-11(10)15(20)18-17-13/h2-3,5,7,10-11H,4,6H2,1H3,(H,16,19)(H,18,20). The first-order valence-corrected chi connectivity index (χ1v) is 6.95. The van der Waals surface area contributed by atoms with E-state index in [1.165, 1.54) is 0 Å². The summed E-state index contributed by atoms with van der Waals surface area (Å²) in [5, 5.41) is 7.14. The van der Waals surface area contributed by atoms with E-state index in [0.29, 0.717) is 0 Å². The van der Waals surface area contributed by atoms with Crippen LogP contribution in [0.5, 0.6) is 0 Å². The highest BCUT2D eigenvalue weighted by Crippen LogP contribution is 2.43. The van der Waals surface area contributed by atoms with Crippen LogP contribution in [0.2, 0.25) is 0 Å². The number of carbonyl (C=O) groups is 2. The zero-order chi connectivity index (χ0) is 13.9. The number of hydrogen-bond acceptors (Lipinski definition) is 3. The summed E-state index contributed by atoms with van der Waals surface area (Å²) in [6, 6.07) is 6.00. The van der Waals surface area contributed by atoms with E-state index in [4.69, 9.17) is 0 Å². The third-order valence-corrected chi connectivity index (χ3v) is 4.40. The van der Waals surface area contributed by atoms with Crippen LogP contribution in [-0.4, -0.2) is 17.5 Å². The van der Waals surface area contributed by atoms with Gasteiger partial charge in [-0.25, -0.2) is 5.43 Å². The third kappa shape index (κ3) is 1.66. The van der Waals surface area contributed by atoms with Crippen LogP contribution >= 0.6 is 0 Å². The lowest BCUT2D eigenvalue weighted by Crippen LogP contribution is -2.30. The highest BCUT2D eigenvalue weighted by atomic mass is 16.2. The maximum Gasteiger partial charge on any atom is 0.243 e. The minimum atomic E-state index is -0.000536. The van der Waals surface area contributed by atoms with E-state index < -0.39 is 0 Å². The van der Waals surface area contributed by atoms with Gasteiger partial charge in [-0.3, -0.25) is 9.59 Å². The molecule has 0 radical (unpaired) electrons. The van der Waals surface area contributed by atoms with E-state index in [1.54, 1.807) is 0 Å². The lowest BCUT2D eigenvalue weighted by molar-refractivity contribution is -0.122. The zero-order valence-corrected chi connectivity index (χ0v) is 11.1. The maximum absolute atomic E-state index is 11.7. The van der Waals surface area contributed by atoms with Crippen LogP contribution in [0.25, 0.3) is 0 Å². The number of benzene rings is 1. The number of rotatable bonds is 1. The Morgan fingerprint density at radius 3 is 2.90 bits per heavy atom. The summed E-state index contributed by atoms with van der Waals surface area (Å²) in [7, 11) is 0. The van der Waals surface area contributed by atoms with Crippen molar-refractivity contribution in [3.05, 3.63) is 29.3 Å². The summed E-state index contributed by atoms with van der Waals surface area (Å²) >= 11 is 0. The summed E-state index contributed by atoms with van der Waals surface area (Å²) in [4.78, 5) is 23.1. The summed E-state index contributed by atoms with van der Waals surface area (Å²) in [6.07, 6.45) is 1.65. The smallest absolute Gasteiger partial charge is 0.243 e. The fourth-order valence-electron chi connectivity index (χ4n) is 3.07. The number of nitrogens with zero attached hydrogens (tertiary/aromatic N) is 1. The largest absolute Gasteiger partial charge is 0.326 e. The van der Waals surface area contributed by atoms with Gasteiger partial charge in [-0.05, 0) is 36.1 Å². The number of hydrazone groups is 1. The molecular weight excluding hydrogens is 254 g/mol. The van der Waals surface area contributed by atoms with Gasteiger partial charge in [-0.2, -0.15) is 5.10 Å². The Balaban J connectivity index is 1.70. The van der Waals surface area contributed by atoms with Crippen molar-refractivity contribution < 1.29 is 9.59 Å². The number of anilines is 1. The van der Waals surface area contributed by atoms with Gasteiger partial charge in [0.05, 0.1) is 5.71 Å². The first-order chi connectivity index (χ1) is 9.63. The Morgan fingerprint density at radius 1 is 1.20 bits per heavy atom. The normalized spacial score (nSPS) is 30.6. The van der Waals surface area contributed by atoms with Gasteiger partial charge in [0.25, 0.3) is 0 Å². The minimum absolute atomic E-state index is 0.000536. The van der Waals surface area contributed by atoms with Crippen LogP contribution in [0.4, 0.5) is 5.69 Å². The van der Waals surface area contributed by atoms with Crippen molar-refractivity contribution >= 4 is 23.2 Å². The van der Waals surface area contributed by atoms with Crippen LogP contribution in [-0.2, 0) is 16.0 Å². The number of nitrogens with one attached hydrogen (secondary N) is 2. The first kappa shape index (κ1) is 11.6. The molecule has 3 unspecified atom stereocenters. The molecule has 0 saturated heterocycles. The molecule has 1 aliphatic carbocycles. The summed E-state index contributed by atoms with van der Waals surface area (Å²) < 4.78 is 0. The molecule has 0 aromatic heterocycles. The van der Waals surface area contributed by atoms with Gasteiger partial charge in [0, 0.05) is 23.4 Å². The number of amides is 2. The van der Waals surface area contributed by atoms with Crippen LogP contribution in [0, 0.1) is 17.8 Å². The van der Waals surface area contributed by atoms with Crippen LogP contribution in [0.15, 0.2) is 23.3 Å². The van der Waals surface area contributed by atoms with E-state index in [0.717, 1.165) is 35.4 Å². The molecule has 2 amide bonds. The number of fused-ring (bicyclic) bond motifs is 2. The van der Waals surface area contributed by atoms with Gasteiger partial charge in [0.2, 0.25) is 11.8 Å². The van der Waals surface area contributed by atoms with E-state index in [9.17, 15) is 9.59 Å². The van der Waals surface area contributed by atoms with Crippen molar-refractivity contribution in [2.24, 2.45) is 22.9 Å². The second kappa shape index (κ2) is 3.91. The number of carbonyl (C=O) groups excluding carboxylic acids is 2. The lowest BCUT2D eigenvalue weighted by Gasteiger charge is -2.23. The van der Waals surface area contributed by atoms with Gasteiger partial charge in [0.15, 0.2) is 0 Å². The van der Waals surface area contributed by atoms with E-state index in [-0.39, 0.29) is 29.6 Å². The van der Waals surface area contributed by atoms with Gasteiger partial charge in [-0.15, -0.1) is 0 Å². The molecule has 1 aromatic carbocycles. The van der Waals surface area contributed by atoms with Crippen LogP contribution in [0.1, 0.15) is 24.5 Å². The van der Waals surface area contributed by atoms with Crippen LogP contribution in [0.3, 0.4) is 0 Å². The molecule has 20 heavy (non-hydrogen) atoms. The molecule has 3 atom stereocenters. The first-order valence-electron chi connectivity index (χ1n) is 6.95. The van der Waals surface area contributed by atoms with Gasteiger partial charge < -0.3 is 5.32 Å². The second-order valence-corrected chi connectivity index (χ2v) is 5.89. The Morgan fingerprint density at radius 2 is 2.05 bits per heavy atom. The Hall–Kier alpha value is -2.17. The predicted octanol–water partition coefficient (Wildman–Crippen LogP) is 1.29. The summed E-state index contributed by atoms with van der Waals surface area (Å²) in [5.74, 6) is 0.501. The third-order valence-electron chi connectivity index (χ3n) is 4.40. The topological polar surface area (TPSA) is 70.6 Å². The molecule has 102 valence electrons. The van der Waals surface area contributed by atoms with E-state index in [1.807, 2.05) is 19.1 Å². The van der Waals surface area contributed by atoms with Crippen molar-refractivity contribution in [1.82, 2.24) is 5.43 Å². The fraction of sp³-hybridized carbons (Fsp3) is 0.400. The Kier molecular flexibility index (Phi) is 2.28. The molecule has 3 aliphatic rings. The van der Waals surface area contributed by atoms with Gasteiger partial charge in [-0.1, -0.05) is 13.0 Å². The lowest BCUT2D eigenvalue weighted by atomic mass is 9.91. The molecule has 2 N–H and O–H groups in total. The van der Waals surface area contributed by atoms with Gasteiger partial charge in [0.1, 0.15) is 0 Å². The molecule has 1 fully saturated rings. The fourth-order valence-corrected chi connectivity index (χ4v) is 3.07. The van der Waals surface area contributed by atoms with Gasteiger partial charge >= 0.3 is 0 Å². The van der Waals surface area contributed by atoms with Crippen molar-refractivity contribution in [3.8, 4) is 0 Å². The molecule has 0 spiro atoms. The van der Waals surface area contributed by atoms with Crippen molar-refractivity contribution in [3.63, 3.8) is 0 Å². The average molecular weight is 269 g/mol. The maximum atomic E-state index is 11.7. The molecule has 0 bridgehead atoms. The van der Waals surface area contributed by atoms with Crippen LogP contribution < -0.4 is 10.7 Å². The SMILES string of the molecule is CC1Cc2cc(C3=NNC(=O)C4CC34)ccc2NC1=O. The monoisotopic (exact) mass is 269 g/mol. The van der Waals surface area contributed by atoms with E-state index in [2.05, 4.69) is 21.9 Å². The quantitative estimate of drug-likeness (QED) is 0.806. The summed E-state index contributed by atoms with van der Waals surface area (Å²) in [6.45, 7) is 1.93. The molecule has 5 nitrogen and oxygen atoms in total. The number of hydrogen-bond donors (Lipinski definition) is 2. The predicted molar refractivity (Wildman–Crippen MR) is 74.2 cm³/mol. The highest BCUT2D eigenvalue weighted by Gasteiger charge is 2.49. The molecule has 2 aliphatic heterocycles.